The summed E-state index contributed by atoms with van der Waals surface area (Å²) in [7, 11) is 0. The molecule has 4 rings (SSSR count). The second kappa shape index (κ2) is 4.74. The Bertz CT molecular complexity index is 803. The van der Waals surface area contributed by atoms with Crippen molar-refractivity contribution in [2.45, 2.75) is 18.9 Å². The minimum Gasteiger partial charge on any atom is -0.348 e. The minimum absolute atomic E-state index is 0.0294. The van der Waals surface area contributed by atoms with Crippen LogP contribution in [0.4, 0.5) is 0 Å². The lowest BCUT2D eigenvalue weighted by Gasteiger charge is -2.09. The van der Waals surface area contributed by atoms with E-state index in [0.717, 1.165) is 29.7 Å². The molecule has 1 aromatic carbocycles. The number of carbonyl (C=O) groups is 1. The summed E-state index contributed by atoms with van der Waals surface area (Å²) in [5.74, 6) is -0.0294. The summed E-state index contributed by atoms with van der Waals surface area (Å²) in [6.07, 6.45) is 3.98. The first-order valence-corrected chi connectivity index (χ1v) is 7.16. The highest BCUT2D eigenvalue weighted by Gasteiger charge is 2.25. The van der Waals surface area contributed by atoms with Gasteiger partial charge in [-0.05, 0) is 25.0 Å². The van der Waals surface area contributed by atoms with Gasteiger partial charge < -0.3 is 5.32 Å². The zero-order chi connectivity index (χ0) is 14.2. The molecule has 0 unspecified atom stereocenters. The second-order valence-corrected chi connectivity index (χ2v) is 5.36. The molecular weight excluding hydrogens is 262 g/mol. The van der Waals surface area contributed by atoms with Crippen LogP contribution in [0.15, 0.2) is 54.7 Å². The van der Waals surface area contributed by atoms with E-state index < -0.39 is 0 Å². The van der Waals surface area contributed by atoms with E-state index in [4.69, 9.17) is 0 Å². The summed E-state index contributed by atoms with van der Waals surface area (Å²) in [5, 5.41) is 3.04. The zero-order valence-corrected chi connectivity index (χ0v) is 11.5. The second-order valence-electron chi connectivity index (χ2n) is 5.36. The molecule has 1 aliphatic rings. The van der Waals surface area contributed by atoms with Crippen molar-refractivity contribution in [1.29, 1.82) is 0 Å². The Kier molecular flexibility index (Phi) is 2.74. The first-order valence-electron chi connectivity index (χ1n) is 7.16. The molecule has 0 atom stereocenters. The molecule has 1 N–H and O–H groups in total. The predicted molar refractivity (Wildman–Crippen MR) is 81.1 cm³/mol. The first-order chi connectivity index (χ1) is 10.3. The van der Waals surface area contributed by atoms with E-state index in [1.165, 1.54) is 0 Å². The smallest absolute Gasteiger partial charge is 0.268 e. The van der Waals surface area contributed by atoms with Crippen LogP contribution in [0.25, 0.3) is 16.9 Å². The lowest BCUT2D eigenvalue weighted by atomic mass is 10.1. The van der Waals surface area contributed by atoms with E-state index in [2.05, 4.69) is 10.3 Å². The van der Waals surface area contributed by atoms with Crippen molar-refractivity contribution >= 4 is 11.6 Å². The number of hydrogen-bond acceptors (Lipinski definition) is 2. The summed E-state index contributed by atoms with van der Waals surface area (Å²) >= 11 is 0. The molecule has 21 heavy (non-hydrogen) atoms. The van der Waals surface area contributed by atoms with E-state index in [1.54, 1.807) is 0 Å². The zero-order valence-electron chi connectivity index (χ0n) is 11.5. The molecule has 0 radical (unpaired) electrons. The van der Waals surface area contributed by atoms with Crippen LogP contribution < -0.4 is 5.32 Å². The highest BCUT2D eigenvalue weighted by molar-refractivity contribution is 5.94. The number of benzene rings is 1. The number of nitrogens with one attached hydrogen (secondary N) is 1. The Labute approximate surface area is 122 Å². The quantitative estimate of drug-likeness (QED) is 0.800. The van der Waals surface area contributed by atoms with Crippen LogP contribution in [0.1, 0.15) is 23.3 Å². The van der Waals surface area contributed by atoms with Crippen LogP contribution >= 0.6 is 0 Å². The summed E-state index contributed by atoms with van der Waals surface area (Å²) in [4.78, 5) is 16.8. The average Bonchev–Trinajstić information content (AvgIpc) is 3.23. The van der Waals surface area contributed by atoms with E-state index in [-0.39, 0.29) is 5.91 Å². The van der Waals surface area contributed by atoms with Gasteiger partial charge in [0, 0.05) is 11.6 Å². The molecule has 0 aliphatic heterocycles. The Morgan fingerprint density at radius 3 is 2.67 bits per heavy atom. The van der Waals surface area contributed by atoms with Crippen molar-refractivity contribution < 1.29 is 4.79 Å². The number of aromatic nitrogens is 2. The first kappa shape index (κ1) is 12.1. The summed E-state index contributed by atoms with van der Waals surface area (Å²) in [5.41, 5.74) is 3.41. The maximum absolute atomic E-state index is 12.4. The molecule has 0 spiro atoms. The van der Waals surface area contributed by atoms with Gasteiger partial charge in [0.1, 0.15) is 11.3 Å². The van der Waals surface area contributed by atoms with Crippen molar-refractivity contribution in [3.63, 3.8) is 0 Å². The third-order valence-corrected chi connectivity index (χ3v) is 3.74. The van der Waals surface area contributed by atoms with Crippen LogP contribution in [0, 0.1) is 0 Å². The van der Waals surface area contributed by atoms with Crippen molar-refractivity contribution in [1.82, 2.24) is 14.7 Å². The van der Waals surface area contributed by atoms with Gasteiger partial charge in [-0.1, -0.05) is 36.4 Å². The standard InChI is InChI=1S/C17H15N3O/c21-17(19-13-9-10-13)14-7-4-8-16-18-11-15(20(14)16)12-5-2-1-3-6-12/h1-8,11,13H,9-10H2,(H,19,21). The fourth-order valence-electron chi connectivity index (χ4n) is 2.51. The molecule has 104 valence electrons. The average molecular weight is 277 g/mol. The Hall–Kier alpha value is -2.62. The Morgan fingerprint density at radius 1 is 1.10 bits per heavy atom. The molecule has 1 saturated carbocycles. The van der Waals surface area contributed by atoms with Crippen molar-refractivity contribution in [2.24, 2.45) is 0 Å². The third-order valence-electron chi connectivity index (χ3n) is 3.74. The number of rotatable bonds is 3. The summed E-state index contributed by atoms with van der Waals surface area (Å²) in [6, 6.07) is 16.0. The number of fused-ring (bicyclic) bond motifs is 1. The normalized spacial score (nSPS) is 14.3. The van der Waals surface area contributed by atoms with Gasteiger partial charge in [-0.2, -0.15) is 0 Å². The fraction of sp³-hybridized carbons (Fsp3) is 0.176. The Balaban J connectivity index is 1.87. The Morgan fingerprint density at radius 2 is 1.90 bits per heavy atom. The van der Waals surface area contributed by atoms with Crippen molar-refractivity contribution in [3.8, 4) is 11.3 Å². The van der Waals surface area contributed by atoms with Crippen LogP contribution in [-0.2, 0) is 0 Å². The molecular formula is C17H15N3O. The maximum Gasteiger partial charge on any atom is 0.268 e. The van der Waals surface area contributed by atoms with Crippen molar-refractivity contribution in [2.75, 3.05) is 0 Å². The van der Waals surface area contributed by atoms with E-state index in [9.17, 15) is 4.79 Å². The number of imidazole rings is 1. The van der Waals surface area contributed by atoms with Crippen LogP contribution in [-0.4, -0.2) is 21.3 Å². The van der Waals surface area contributed by atoms with Gasteiger partial charge in [-0.15, -0.1) is 0 Å². The van der Waals surface area contributed by atoms with Crippen LogP contribution in [0.2, 0.25) is 0 Å². The molecule has 1 fully saturated rings. The van der Waals surface area contributed by atoms with Gasteiger partial charge in [0.15, 0.2) is 0 Å². The van der Waals surface area contributed by atoms with Gasteiger partial charge in [-0.25, -0.2) is 4.98 Å². The minimum atomic E-state index is -0.0294. The number of nitrogens with zero attached hydrogens (tertiary/aromatic N) is 2. The number of pyridine rings is 1. The fourth-order valence-corrected chi connectivity index (χ4v) is 2.51. The van der Waals surface area contributed by atoms with Crippen LogP contribution in [0.3, 0.4) is 0 Å². The van der Waals surface area contributed by atoms with Crippen molar-refractivity contribution in [3.05, 3.63) is 60.4 Å². The van der Waals surface area contributed by atoms with Gasteiger partial charge in [-0.3, -0.25) is 9.20 Å². The number of amides is 1. The highest BCUT2D eigenvalue weighted by Crippen LogP contribution is 2.23. The molecule has 0 saturated heterocycles. The lowest BCUT2D eigenvalue weighted by molar-refractivity contribution is 0.0945. The molecule has 4 nitrogen and oxygen atoms in total. The third kappa shape index (κ3) is 2.18. The molecule has 3 aromatic rings. The van der Waals surface area contributed by atoms with E-state index >= 15 is 0 Å². The van der Waals surface area contributed by atoms with Gasteiger partial charge in [0.25, 0.3) is 5.91 Å². The number of hydrogen-bond donors (Lipinski definition) is 1. The highest BCUT2D eigenvalue weighted by atomic mass is 16.2. The molecule has 4 heteroatoms. The molecule has 2 heterocycles. The van der Waals surface area contributed by atoms with Gasteiger partial charge in [0.05, 0.1) is 11.9 Å². The summed E-state index contributed by atoms with van der Waals surface area (Å²) < 4.78 is 1.92. The van der Waals surface area contributed by atoms with Gasteiger partial charge in [0.2, 0.25) is 0 Å². The van der Waals surface area contributed by atoms with Crippen LogP contribution in [0.5, 0.6) is 0 Å². The monoisotopic (exact) mass is 277 g/mol. The predicted octanol–water partition coefficient (Wildman–Crippen LogP) is 2.89. The SMILES string of the molecule is O=C(NC1CC1)c1cccc2ncc(-c3ccccc3)n12. The largest absolute Gasteiger partial charge is 0.348 e. The maximum atomic E-state index is 12.4. The topological polar surface area (TPSA) is 46.4 Å². The number of carbonyl (C=O) groups excluding carboxylic acids is 1. The van der Waals surface area contributed by atoms with E-state index in [1.807, 2.05) is 59.1 Å². The molecule has 1 aliphatic carbocycles. The van der Waals surface area contributed by atoms with E-state index in [0.29, 0.717) is 11.7 Å². The molecule has 2 aromatic heterocycles. The summed E-state index contributed by atoms with van der Waals surface area (Å²) in [6.45, 7) is 0. The lowest BCUT2D eigenvalue weighted by Crippen LogP contribution is -2.27. The molecule has 0 bridgehead atoms. The van der Waals surface area contributed by atoms with Gasteiger partial charge >= 0.3 is 0 Å². The molecule has 1 amide bonds.